The zero-order chi connectivity index (χ0) is 9.80. The summed E-state index contributed by atoms with van der Waals surface area (Å²) in [5.41, 5.74) is 0. The van der Waals surface area contributed by atoms with Gasteiger partial charge >= 0.3 is 0 Å². The number of hydrogen-bond donors (Lipinski definition) is 1. The quantitative estimate of drug-likeness (QED) is 0.757. The molecule has 1 N–H and O–H groups in total. The van der Waals surface area contributed by atoms with E-state index in [1.807, 2.05) is 6.92 Å². The number of hydrogen-bond acceptors (Lipinski definition) is 4. The van der Waals surface area contributed by atoms with E-state index in [1.165, 1.54) is 6.42 Å². The number of oxazole rings is 1. The van der Waals surface area contributed by atoms with E-state index in [-0.39, 0.29) is 0 Å². The molecule has 0 bridgehead atoms. The van der Waals surface area contributed by atoms with Gasteiger partial charge in [-0.3, -0.25) is 4.90 Å². The summed E-state index contributed by atoms with van der Waals surface area (Å²) in [4.78, 5) is 6.59. The van der Waals surface area contributed by atoms with Gasteiger partial charge in [0.15, 0.2) is 0 Å². The number of aromatic nitrogens is 1. The molecular formula is C10H17N3O. The minimum atomic E-state index is 0.837. The van der Waals surface area contributed by atoms with Gasteiger partial charge in [-0.25, -0.2) is 4.98 Å². The highest BCUT2D eigenvalue weighted by Crippen LogP contribution is 2.06. The molecule has 0 aliphatic carbocycles. The molecule has 4 heteroatoms. The second-order valence-electron chi connectivity index (χ2n) is 3.74. The van der Waals surface area contributed by atoms with E-state index in [0.29, 0.717) is 0 Å². The lowest BCUT2D eigenvalue weighted by atomic mass is 10.4. The number of nitrogens with one attached hydrogen (secondary N) is 1. The maximum absolute atomic E-state index is 5.45. The summed E-state index contributed by atoms with van der Waals surface area (Å²) < 4.78 is 5.45. The lowest BCUT2D eigenvalue weighted by molar-refractivity contribution is 0.252. The van der Waals surface area contributed by atoms with Crippen molar-refractivity contribution in [2.45, 2.75) is 19.9 Å². The van der Waals surface area contributed by atoms with Crippen molar-refractivity contribution < 1.29 is 4.42 Å². The number of aryl methyl sites for hydroxylation is 1. The van der Waals surface area contributed by atoms with Gasteiger partial charge in [0.2, 0.25) is 5.89 Å². The van der Waals surface area contributed by atoms with Gasteiger partial charge in [-0.1, -0.05) is 0 Å². The number of nitrogens with zero attached hydrogens (tertiary/aromatic N) is 2. The third-order valence-corrected chi connectivity index (χ3v) is 2.46. The largest absolute Gasteiger partial charge is 0.445 e. The highest BCUT2D eigenvalue weighted by Gasteiger charge is 2.11. The Labute approximate surface area is 84.3 Å². The Balaban J connectivity index is 1.89. The van der Waals surface area contributed by atoms with Crippen LogP contribution in [0, 0.1) is 6.92 Å². The van der Waals surface area contributed by atoms with Crippen molar-refractivity contribution in [1.29, 1.82) is 0 Å². The van der Waals surface area contributed by atoms with Crippen LogP contribution in [0.3, 0.4) is 0 Å². The van der Waals surface area contributed by atoms with Crippen molar-refractivity contribution in [2.75, 3.05) is 26.2 Å². The van der Waals surface area contributed by atoms with Crippen LogP contribution in [0.4, 0.5) is 0 Å². The fourth-order valence-electron chi connectivity index (χ4n) is 1.73. The molecule has 1 aromatic heterocycles. The van der Waals surface area contributed by atoms with Crippen LogP contribution in [0.1, 0.15) is 18.1 Å². The first kappa shape index (κ1) is 9.68. The summed E-state index contributed by atoms with van der Waals surface area (Å²) in [6.07, 6.45) is 2.99. The van der Waals surface area contributed by atoms with E-state index in [2.05, 4.69) is 15.2 Å². The van der Waals surface area contributed by atoms with E-state index in [4.69, 9.17) is 4.42 Å². The first-order chi connectivity index (χ1) is 6.84. The summed E-state index contributed by atoms with van der Waals surface area (Å²) >= 11 is 0. The molecular weight excluding hydrogens is 178 g/mol. The molecule has 0 unspecified atom stereocenters. The molecule has 1 saturated heterocycles. The molecule has 0 spiro atoms. The smallest absolute Gasteiger partial charge is 0.208 e. The fraction of sp³-hybridized carbons (Fsp3) is 0.700. The average Bonchev–Trinajstić information content (AvgIpc) is 2.43. The molecule has 0 aromatic carbocycles. The average molecular weight is 195 g/mol. The molecule has 1 fully saturated rings. The summed E-state index contributed by atoms with van der Waals surface area (Å²) in [5.74, 6) is 1.73. The molecule has 1 aliphatic heterocycles. The monoisotopic (exact) mass is 195 g/mol. The van der Waals surface area contributed by atoms with Gasteiger partial charge in [-0.2, -0.15) is 0 Å². The lowest BCUT2D eigenvalue weighted by Crippen LogP contribution is -2.27. The molecule has 14 heavy (non-hydrogen) atoms. The van der Waals surface area contributed by atoms with Crippen LogP contribution in [0.25, 0.3) is 0 Å². The molecule has 2 rings (SSSR count). The molecule has 1 aliphatic rings. The van der Waals surface area contributed by atoms with Gasteiger partial charge in [0.05, 0.1) is 12.7 Å². The second-order valence-corrected chi connectivity index (χ2v) is 3.74. The standard InChI is InChI=1S/C10H17N3O/c1-9-7-12-10(14-9)8-13-5-2-3-11-4-6-13/h7,11H,2-6,8H2,1H3. The zero-order valence-electron chi connectivity index (χ0n) is 8.62. The van der Waals surface area contributed by atoms with Gasteiger partial charge in [0.25, 0.3) is 0 Å². The van der Waals surface area contributed by atoms with Crippen molar-refractivity contribution in [1.82, 2.24) is 15.2 Å². The summed E-state index contributed by atoms with van der Waals surface area (Å²) in [6.45, 7) is 7.19. The molecule has 1 aromatic rings. The lowest BCUT2D eigenvalue weighted by Gasteiger charge is -2.16. The minimum Gasteiger partial charge on any atom is -0.445 e. The van der Waals surface area contributed by atoms with Gasteiger partial charge in [0, 0.05) is 13.1 Å². The Morgan fingerprint density at radius 2 is 2.43 bits per heavy atom. The summed E-state index contributed by atoms with van der Waals surface area (Å²) in [5, 5.41) is 3.38. The zero-order valence-corrected chi connectivity index (χ0v) is 8.62. The maximum Gasteiger partial charge on any atom is 0.208 e. The maximum atomic E-state index is 5.45. The SMILES string of the molecule is Cc1cnc(CN2CCCNCC2)o1. The van der Waals surface area contributed by atoms with Gasteiger partial charge in [-0.05, 0) is 26.4 Å². The first-order valence-electron chi connectivity index (χ1n) is 5.19. The predicted molar refractivity (Wildman–Crippen MR) is 54.0 cm³/mol. The molecule has 0 saturated carbocycles. The normalized spacial score (nSPS) is 19.5. The fourth-order valence-corrected chi connectivity index (χ4v) is 1.73. The first-order valence-corrected chi connectivity index (χ1v) is 5.19. The predicted octanol–water partition coefficient (Wildman–Crippen LogP) is 0.778. The van der Waals surface area contributed by atoms with Crippen molar-refractivity contribution in [2.24, 2.45) is 0 Å². The van der Waals surface area contributed by atoms with Crippen LogP contribution in [0.15, 0.2) is 10.6 Å². The van der Waals surface area contributed by atoms with E-state index in [0.717, 1.165) is 44.4 Å². The summed E-state index contributed by atoms with van der Waals surface area (Å²) in [6, 6.07) is 0. The highest BCUT2D eigenvalue weighted by molar-refractivity contribution is 4.90. The third-order valence-electron chi connectivity index (χ3n) is 2.46. The van der Waals surface area contributed by atoms with Gasteiger partial charge in [0.1, 0.15) is 5.76 Å². The Morgan fingerprint density at radius 1 is 1.50 bits per heavy atom. The Bertz CT molecular complexity index is 277. The van der Waals surface area contributed by atoms with Crippen molar-refractivity contribution >= 4 is 0 Å². The van der Waals surface area contributed by atoms with Crippen LogP contribution in [0.5, 0.6) is 0 Å². The third kappa shape index (κ3) is 2.56. The van der Waals surface area contributed by atoms with Crippen molar-refractivity contribution in [3.63, 3.8) is 0 Å². The minimum absolute atomic E-state index is 0.837. The molecule has 78 valence electrons. The van der Waals surface area contributed by atoms with Crippen molar-refractivity contribution in [3.8, 4) is 0 Å². The van der Waals surface area contributed by atoms with Crippen LogP contribution in [0.2, 0.25) is 0 Å². The van der Waals surface area contributed by atoms with Gasteiger partial charge < -0.3 is 9.73 Å². The molecule has 0 amide bonds. The molecule has 2 heterocycles. The topological polar surface area (TPSA) is 41.3 Å². The van der Waals surface area contributed by atoms with E-state index >= 15 is 0 Å². The van der Waals surface area contributed by atoms with Crippen molar-refractivity contribution in [3.05, 3.63) is 17.8 Å². The van der Waals surface area contributed by atoms with Crippen LogP contribution in [-0.2, 0) is 6.54 Å². The van der Waals surface area contributed by atoms with E-state index in [9.17, 15) is 0 Å². The van der Waals surface area contributed by atoms with Crippen LogP contribution < -0.4 is 5.32 Å². The van der Waals surface area contributed by atoms with Crippen LogP contribution in [-0.4, -0.2) is 36.1 Å². The Morgan fingerprint density at radius 3 is 3.21 bits per heavy atom. The molecule has 4 nitrogen and oxygen atoms in total. The molecule has 0 radical (unpaired) electrons. The Kier molecular flexibility index (Phi) is 3.16. The van der Waals surface area contributed by atoms with Gasteiger partial charge in [-0.15, -0.1) is 0 Å². The van der Waals surface area contributed by atoms with Crippen LogP contribution >= 0.6 is 0 Å². The Hall–Kier alpha value is -0.870. The van der Waals surface area contributed by atoms with E-state index in [1.54, 1.807) is 6.20 Å². The highest BCUT2D eigenvalue weighted by atomic mass is 16.4. The second kappa shape index (κ2) is 4.57. The number of rotatable bonds is 2. The van der Waals surface area contributed by atoms with E-state index < -0.39 is 0 Å². The summed E-state index contributed by atoms with van der Waals surface area (Å²) in [7, 11) is 0. The molecule has 0 atom stereocenters.